The predicted octanol–water partition coefficient (Wildman–Crippen LogP) is 3.75. The minimum atomic E-state index is -4.56. The van der Waals surface area contributed by atoms with Crippen molar-refractivity contribution in [2.45, 2.75) is 20.0 Å². The molecule has 0 aliphatic carbocycles. The van der Waals surface area contributed by atoms with E-state index in [0.717, 1.165) is 18.2 Å². The number of hydrogen-bond donors (Lipinski definition) is 3. The number of carbonyl (C=O) groups excluding carboxylic acids is 1. The molecule has 0 radical (unpaired) electrons. The van der Waals surface area contributed by atoms with Crippen LogP contribution in [0.2, 0.25) is 0 Å². The van der Waals surface area contributed by atoms with Gasteiger partial charge in [0.1, 0.15) is 11.6 Å². The van der Waals surface area contributed by atoms with E-state index in [2.05, 4.69) is 25.6 Å². The van der Waals surface area contributed by atoms with Gasteiger partial charge in [-0.05, 0) is 26.0 Å². The number of urea groups is 1. The Balaban J connectivity index is 2.13. The molecule has 130 valence electrons. The minimum absolute atomic E-state index is 0.226. The maximum atomic E-state index is 13.3. The molecule has 1 aromatic carbocycles. The van der Waals surface area contributed by atoms with Gasteiger partial charge in [-0.2, -0.15) is 18.3 Å². The number of aryl methyl sites for hydroxylation is 2. The van der Waals surface area contributed by atoms with Gasteiger partial charge in [0.25, 0.3) is 0 Å². The number of alkyl halides is 3. The Bertz CT molecular complexity index is 723. The smallest absolute Gasteiger partial charge is 0.422 e. The largest absolute Gasteiger partial charge is 0.482 e. The fourth-order valence-electron chi connectivity index (χ4n) is 1.89. The molecule has 2 amide bonds. The molecule has 3 N–H and O–H groups in total. The zero-order valence-electron chi connectivity index (χ0n) is 12.7. The Morgan fingerprint density at radius 2 is 2.00 bits per heavy atom. The Hall–Kier alpha value is -2.78. The first-order chi connectivity index (χ1) is 11.2. The van der Waals surface area contributed by atoms with Gasteiger partial charge in [-0.1, -0.05) is 0 Å². The number of rotatable bonds is 4. The summed E-state index contributed by atoms with van der Waals surface area (Å²) in [4.78, 5) is 12.0. The van der Waals surface area contributed by atoms with E-state index in [1.165, 1.54) is 0 Å². The number of carbonyl (C=O) groups is 1. The van der Waals surface area contributed by atoms with Crippen LogP contribution in [0, 0.1) is 19.7 Å². The van der Waals surface area contributed by atoms with Crippen LogP contribution in [0.15, 0.2) is 18.2 Å². The predicted molar refractivity (Wildman–Crippen MR) is 78.7 cm³/mol. The second-order valence-electron chi connectivity index (χ2n) is 4.93. The maximum Gasteiger partial charge on any atom is 0.422 e. The molecule has 1 heterocycles. The van der Waals surface area contributed by atoms with E-state index >= 15 is 0 Å². The molecule has 2 aromatic rings. The maximum absolute atomic E-state index is 13.3. The van der Waals surface area contributed by atoms with Crippen molar-refractivity contribution in [2.24, 2.45) is 0 Å². The third-order valence-corrected chi connectivity index (χ3v) is 2.95. The molecule has 0 unspecified atom stereocenters. The topological polar surface area (TPSA) is 79.0 Å². The lowest BCUT2D eigenvalue weighted by Gasteiger charge is -2.14. The Morgan fingerprint density at radius 3 is 2.58 bits per heavy atom. The van der Waals surface area contributed by atoms with Crippen LogP contribution in [0.1, 0.15) is 11.4 Å². The van der Waals surface area contributed by atoms with Crippen molar-refractivity contribution in [3.8, 4) is 5.75 Å². The summed E-state index contributed by atoms with van der Waals surface area (Å²) in [7, 11) is 0. The van der Waals surface area contributed by atoms with Crippen molar-refractivity contribution >= 4 is 17.4 Å². The molecular formula is C14H14F4N4O2. The lowest BCUT2D eigenvalue weighted by molar-refractivity contribution is -0.153. The van der Waals surface area contributed by atoms with Crippen molar-refractivity contribution in [3.63, 3.8) is 0 Å². The number of benzene rings is 1. The van der Waals surface area contributed by atoms with Crippen LogP contribution in [0.4, 0.5) is 33.7 Å². The first-order valence-electron chi connectivity index (χ1n) is 6.74. The van der Waals surface area contributed by atoms with E-state index in [0.29, 0.717) is 17.1 Å². The van der Waals surface area contributed by atoms with E-state index in [1.807, 2.05) is 0 Å². The van der Waals surface area contributed by atoms with Crippen LogP contribution in [-0.4, -0.2) is 29.0 Å². The highest BCUT2D eigenvalue weighted by Gasteiger charge is 2.29. The quantitative estimate of drug-likeness (QED) is 0.738. The summed E-state index contributed by atoms with van der Waals surface area (Å²) in [5.41, 5.74) is 1.31. The van der Waals surface area contributed by atoms with Gasteiger partial charge in [-0.3, -0.25) is 5.10 Å². The Morgan fingerprint density at radius 1 is 1.29 bits per heavy atom. The highest BCUT2D eigenvalue weighted by atomic mass is 19.4. The number of nitrogens with one attached hydrogen (secondary N) is 3. The SMILES string of the molecule is Cc1n[nH]c(C)c1NC(=O)Nc1cc(F)ccc1OCC(F)(F)F. The molecule has 0 spiro atoms. The molecule has 0 saturated carbocycles. The average molecular weight is 346 g/mol. The number of amides is 2. The molecule has 10 heteroatoms. The minimum Gasteiger partial charge on any atom is -0.482 e. The molecular weight excluding hydrogens is 332 g/mol. The summed E-state index contributed by atoms with van der Waals surface area (Å²) < 4.78 is 54.6. The Kier molecular flexibility index (Phi) is 4.96. The van der Waals surface area contributed by atoms with Crippen molar-refractivity contribution in [3.05, 3.63) is 35.4 Å². The van der Waals surface area contributed by atoms with Gasteiger partial charge in [0.05, 0.1) is 22.8 Å². The molecule has 0 atom stereocenters. The number of H-pyrrole nitrogens is 1. The molecule has 6 nitrogen and oxygen atoms in total. The second-order valence-corrected chi connectivity index (χ2v) is 4.93. The molecule has 0 aliphatic heterocycles. The number of nitrogens with zero attached hydrogens (tertiary/aromatic N) is 1. The molecule has 0 saturated heterocycles. The highest BCUT2D eigenvalue weighted by molar-refractivity contribution is 6.01. The molecule has 2 rings (SSSR count). The molecule has 0 fully saturated rings. The zero-order valence-corrected chi connectivity index (χ0v) is 12.7. The number of aromatic amines is 1. The van der Waals surface area contributed by atoms with E-state index in [1.54, 1.807) is 13.8 Å². The van der Waals surface area contributed by atoms with Gasteiger partial charge in [0.2, 0.25) is 0 Å². The summed E-state index contributed by atoms with van der Waals surface area (Å²) in [6.07, 6.45) is -4.56. The highest BCUT2D eigenvalue weighted by Crippen LogP contribution is 2.28. The van der Waals surface area contributed by atoms with Crippen LogP contribution >= 0.6 is 0 Å². The summed E-state index contributed by atoms with van der Waals surface area (Å²) in [5.74, 6) is -1.04. The van der Waals surface area contributed by atoms with Crippen molar-refractivity contribution in [1.29, 1.82) is 0 Å². The molecule has 0 bridgehead atoms. The molecule has 24 heavy (non-hydrogen) atoms. The van der Waals surface area contributed by atoms with E-state index in [-0.39, 0.29) is 11.4 Å². The standard InChI is InChI=1S/C14H14F4N4O2/c1-7-12(8(2)22-21-7)20-13(23)19-10-5-9(15)3-4-11(10)24-6-14(16,17)18/h3-5H,6H2,1-2H3,(H,21,22)(H2,19,20,23). The van der Waals surface area contributed by atoms with Crippen LogP contribution in [0.5, 0.6) is 5.75 Å². The fraction of sp³-hybridized carbons (Fsp3) is 0.286. The third kappa shape index (κ3) is 4.61. The fourth-order valence-corrected chi connectivity index (χ4v) is 1.89. The van der Waals surface area contributed by atoms with Gasteiger partial charge in [0, 0.05) is 6.07 Å². The van der Waals surface area contributed by atoms with Crippen LogP contribution in [0.25, 0.3) is 0 Å². The number of anilines is 2. The van der Waals surface area contributed by atoms with Gasteiger partial charge in [-0.25, -0.2) is 9.18 Å². The number of ether oxygens (including phenoxy) is 1. The van der Waals surface area contributed by atoms with E-state index in [9.17, 15) is 22.4 Å². The first kappa shape index (κ1) is 17.6. The van der Waals surface area contributed by atoms with Gasteiger partial charge in [0.15, 0.2) is 6.61 Å². The Labute approximate surface area is 134 Å². The van der Waals surface area contributed by atoms with E-state index in [4.69, 9.17) is 0 Å². The van der Waals surface area contributed by atoms with Crippen molar-refractivity contribution in [1.82, 2.24) is 10.2 Å². The number of hydrogen-bond acceptors (Lipinski definition) is 3. The van der Waals surface area contributed by atoms with E-state index < -0.39 is 24.6 Å². The summed E-state index contributed by atoms with van der Waals surface area (Å²) in [5, 5.41) is 11.3. The van der Waals surface area contributed by atoms with Crippen LogP contribution < -0.4 is 15.4 Å². The monoisotopic (exact) mass is 346 g/mol. The normalized spacial score (nSPS) is 11.2. The molecule has 1 aromatic heterocycles. The van der Waals surface area contributed by atoms with Crippen LogP contribution in [0.3, 0.4) is 0 Å². The molecule has 0 aliphatic rings. The summed E-state index contributed by atoms with van der Waals surface area (Å²) in [6, 6.07) is 2.02. The number of aromatic nitrogens is 2. The first-order valence-corrected chi connectivity index (χ1v) is 6.74. The van der Waals surface area contributed by atoms with Gasteiger partial charge < -0.3 is 15.4 Å². The second kappa shape index (κ2) is 6.77. The lowest BCUT2D eigenvalue weighted by Crippen LogP contribution is -2.22. The van der Waals surface area contributed by atoms with Crippen molar-refractivity contribution in [2.75, 3.05) is 17.2 Å². The zero-order chi connectivity index (χ0) is 17.9. The summed E-state index contributed by atoms with van der Waals surface area (Å²) >= 11 is 0. The van der Waals surface area contributed by atoms with Crippen LogP contribution in [-0.2, 0) is 0 Å². The van der Waals surface area contributed by atoms with Gasteiger partial charge in [-0.15, -0.1) is 0 Å². The van der Waals surface area contributed by atoms with Crippen molar-refractivity contribution < 1.29 is 27.1 Å². The lowest BCUT2D eigenvalue weighted by atomic mass is 10.3. The third-order valence-electron chi connectivity index (χ3n) is 2.95. The average Bonchev–Trinajstić information content (AvgIpc) is 2.77. The van der Waals surface area contributed by atoms with Gasteiger partial charge >= 0.3 is 12.2 Å². The summed E-state index contributed by atoms with van der Waals surface area (Å²) in [6.45, 7) is 1.77. The number of halogens is 4.